The molecule has 1 aliphatic heterocycles. The van der Waals surface area contributed by atoms with Crippen molar-refractivity contribution in [3.63, 3.8) is 0 Å². The van der Waals surface area contributed by atoms with Crippen LogP contribution in [0.5, 0.6) is 11.5 Å². The van der Waals surface area contributed by atoms with Crippen LogP contribution in [0.1, 0.15) is 56.2 Å². The van der Waals surface area contributed by atoms with Gasteiger partial charge < -0.3 is 24.8 Å². The van der Waals surface area contributed by atoms with Crippen molar-refractivity contribution in [2.24, 2.45) is 0 Å². The zero-order valence-corrected chi connectivity index (χ0v) is 18.7. The van der Waals surface area contributed by atoms with Gasteiger partial charge in [0.2, 0.25) is 0 Å². The molecule has 0 unspecified atom stereocenters. The second kappa shape index (κ2) is 9.21. The summed E-state index contributed by atoms with van der Waals surface area (Å²) in [4.78, 5) is 7.55. The number of aliphatic hydroxyl groups excluding tert-OH is 1. The molecule has 0 radical (unpaired) electrons. The van der Waals surface area contributed by atoms with Crippen LogP contribution in [0, 0.1) is 0 Å². The van der Waals surface area contributed by atoms with Crippen molar-refractivity contribution in [1.82, 2.24) is 9.88 Å². The van der Waals surface area contributed by atoms with Crippen molar-refractivity contribution in [3.05, 3.63) is 23.4 Å². The number of pyridine rings is 1. The number of rotatable bonds is 8. The third-order valence-corrected chi connectivity index (χ3v) is 7.08. The third-order valence-electron chi connectivity index (χ3n) is 7.08. The van der Waals surface area contributed by atoms with Crippen LogP contribution in [0.2, 0.25) is 0 Å². The van der Waals surface area contributed by atoms with Gasteiger partial charge in [0.25, 0.3) is 0 Å². The molecule has 0 spiro atoms. The van der Waals surface area contributed by atoms with Crippen molar-refractivity contribution >= 4 is 16.6 Å². The maximum Gasteiger partial charge on any atom is 0.163 e. The van der Waals surface area contributed by atoms with Crippen LogP contribution in [-0.2, 0) is 12.8 Å². The maximum absolute atomic E-state index is 9.75. The monoisotopic (exact) mass is 425 g/mol. The average Bonchev–Trinajstić information content (AvgIpc) is 3.28. The van der Waals surface area contributed by atoms with Gasteiger partial charge in [-0.1, -0.05) is 0 Å². The molecule has 2 aliphatic carbocycles. The zero-order valence-electron chi connectivity index (χ0n) is 18.7. The Hall–Kier alpha value is -2.05. The first-order valence-corrected chi connectivity index (χ1v) is 12.0. The molecule has 1 saturated carbocycles. The maximum atomic E-state index is 9.75. The zero-order chi connectivity index (χ0) is 21.2. The van der Waals surface area contributed by atoms with Gasteiger partial charge in [0.1, 0.15) is 0 Å². The van der Waals surface area contributed by atoms with Crippen molar-refractivity contribution < 1.29 is 14.6 Å². The van der Waals surface area contributed by atoms with Crippen LogP contribution in [0.15, 0.2) is 12.1 Å². The summed E-state index contributed by atoms with van der Waals surface area (Å²) in [6.07, 6.45) is 9.63. The van der Waals surface area contributed by atoms with Crippen LogP contribution in [0.3, 0.4) is 0 Å². The minimum absolute atomic E-state index is 0.170. The minimum Gasteiger partial charge on any atom is -0.493 e. The van der Waals surface area contributed by atoms with Gasteiger partial charge in [0, 0.05) is 35.4 Å². The van der Waals surface area contributed by atoms with Crippen molar-refractivity contribution in [1.29, 1.82) is 0 Å². The molecule has 1 saturated heterocycles. The topological polar surface area (TPSA) is 66.8 Å². The van der Waals surface area contributed by atoms with Gasteiger partial charge in [0.15, 0.2) is 11.5 Å². The number of nitrogens with one attached hydrogen (secondary N) is 1. The Balaban J connectivity index is 1.40. The summed E-state index contributed by atoms with van der Waals surface area (Å²) < 4.78 is 11.9. The van der Waals surface area contributed by atoms with E-state index in [0.29, 0.717) is 12.6 Å². The number of aromatic nitrogens is 1. The van der Waals surface area contributed by atoms with E-state index >= 15 is 0 Å². The third kappa shape index (κ3) is 4.46. The molecular weight excluding hydrogens is 390 g/mol. The van der Waals surface area contributed by atoms with Crippen LogP contribution in [-0.4, -0.2) is 60.5 Å². The second-order valence-electron chi connectivity index (χ2n) is 9.36. The van der Waals surface area contributed by atoms with E-state index in [1.54, 1.807) is 7.11 Å². The lowest BCUT2D eigenvalue weighted by atomic mass is 9.87. The van der Waals surface area contributed by atoms with E-state index in [0.717, 1.165) is 61.1 Å². The quantitative estimate of drug-likeness (QED) is 0.625. The first kappa shape index (κ1) is 20.8. The molecule has 1 aromatic heterocycles. The minimum atomic E-state index is -0.170. The molecule has 0 amide bonds. The summed E-state index contributed by atoms with van der Waals surface area (Å²) >= 11 is 0. The van der Waals surface area contributed by atoms with Gasteiger partial charge in [-0.05, 0) is 82.5 Å². The Bertz CT molecular complexity index is 920. The SMILES string of the molecule is COc1cc2c(NC3CC(O)C3)c3c(nc2cc1OCCCN1CCCC1)CCCC3. The number of methoxy groups -OCH3 is 1. The van der Waals surface area contributed by atoms with E-state index in [4.69, 9.17) is 14.5 Å². The second-order valence-corrected chi connectivity index (χ2v) is 9.36. The molecule has 6 nitrogen and oxygen atoms in total. The summed E-state index contributed by atoms with van der Waals surface area (Å²) in [6.45, 7) is 4.24. The lowest BCUT2D eigenvalue weighted by Crippen LogP contribution is -2.39. The number of likely N-dealkylation sites (tertiary alicyclic amines) is 1. The molecule has 31 heavy (non-hydrogen) atoms. The van der Waals surface area contributed by atoms with Crippen molar-refractivity contribution in [2.75, 3.05) is 38.7 Å². The summed E-state index contributed by atoms with van der Waals surface area (Å²) in [6, 6.07) is 4.48. The van der Waals surface area contributed by atoms with Crippen LogP contribution in [0.4, 0.5) is 5.69 Å². The molecule has 6 heteroatoms. The number of fused-ring (bicyclic) bond motifs is 2. The van der Waals surface area contributed by atoms with E-state index in [-0.39, 0.29) is 6.10 Å². The van der Waals surface area contributed by atoms with Crippen LogP contribution >= 0.6 is 0 Å². The Morgan fingerprint density at radius 1 is 1.10 bits per heavy atom. The van der Waals surface area contributed by atoms with E-state index in [1.807, 2.05) is 0 Å². The van der Waals surface area contributed by atoms with Crippen molar-refractivity contribution in [3.8, 4) is 11.5 Å². The molecule has 1 aromatic carbocycles. The highest BCUT2D eigenvalue weighted by Gasteiger charge is 2.29. The van der Waals surface area contributed by atoms with Gasteiger partial charge >= 0.3 is 0 Å². The fourth-order valence-electron chi connectivity index (χ4n) is 5.26. The molecule has 2 heterocycles. The van der Waals surface area contributed by atoms with Gasteiger partial charge in [-0.3, -0.25) is 4.98 Å². The molecule has 0 bridgehead atoms. The standard InChI is InChI=1S/C25H35N3O3/c1-30-23-15-20-22(16-24(23)31-12-6-11-28-9-4-5-10-28)27-21-8-3-2-7-19(21)25(20)26-17-13-18(29)14-17/h15-18,29H,2-14H2,1H3,(H,26,27). The molecule has 3 aliphatic rings. The Morgan fingerprint density at radius 3 is 2.68 bits per heavy atom. The fourth-order valence-corrected chi connectivity index (χ4v) is 5.26. The summed E-state index contributed by atoms with van der Waals surface area (Å²) in [7, 11) is 1.71. The molecule has 2 aromatic rings. The molecule has 2 fully saturated rings. The first-order valence-electron chi connectivity index (χ1n) is 12.0. The predicted molar refractivity (Wildman–Crippen MR) is 123 cm³/mol. The lowest BCUT2D eigenvalue weighted by Gasteiger charge is -2.34. The van der Waals surface area contributed by atoms with Crippen molar-refractivity contribution in [2.45, 2.75) is 69.9 Å². The first-order chi connectivity index (χ1) is 15.2. The number of hydrogen-bond acceptors (Lipinski definition) is 6. The molecule has 0 atom stereocenters. The Morgan fingerprint density at radius 2 is 1.90 bits per heavy atom. The average molecular weight is 426 g/mol. The highest BCUT2D eigenvalue weighted by Crippen LogP contribution is 2.40. The molecule has 5 rings (SSSR count). The molecular formula is C25H35N3O3. The van der Waals surface area contributed by atoms with E-state index in [1.165, 1.54) is 55.7 Å². The van der Waals surface area contributed by atoms with Gasteiger partial charge in [0.05, 0.1) is 25.3 Å². The van der Waals surface area contributed by atoms with Gasteiger partial charge in [-0.2, -0.15) is 0 Å². The smallest absolute Gasteiger partial charge is 0.163 e. The molecule has 2 N–H and O–H groups in total. The lowest BCUT2D eigenvalue weighted by molar-refractivity contribution is 0.0836. The number of ether oxygens (including phenoxy) is 2. The summed E-state index contributed by atoms with van der Waals surface area (Å²) in [5.74, 6) is 1.55. The van der Waals surface area contributed by atoms with E-state index in [9.17, 15) is 5.11 Å². The number of nitrogens with zero attached hydrogens (tertiary/aromatic N) is 2. The largest absolute Gasteiger partial charge is 0.493 e. The fraction of sp³-hybridized carbons (Fsp3) is 0.640. The van der Waals surface area contributed by atoms with E-state index in [2.05, 4.69) is 22.3 Å². The van der Waals surface area contributed by atoms with Crippen LogP contribution < -0.4 is 14.8 Å². The summed E-state index contributed by atoms with van der Waals surface area (Å²) in [5, 5.41) is 14.6. The number of benzene rings is 1. The van der Waals surface area contributed by atoms with E-state index < -0.39 is 0 Å². The summed E-state index contributed by atoms with van der Waals surface area (Å²) in [5.41, 5.74) is 4.72. The van der Waals surface area contributed by atoms with Crippen LogP contribution in [0.25, 0.3) is 10.9 Å². The normalized spacial score (nSPS) is 23.4. The van der Waals surface area contributed by atoms with Gasteiger partial charge in [-0.25, -0.2) is 0 Å². The molecule has 168 valence electrons. The highest BCUT2D eigenvalue weighted by atomic mass is 16.5. The van der Waals surface area contributed by atoms with Gasteiger partial charge in [-0.15, -0.1) is 0 Å². The predicted octanol–water partition coefficient (Wildman–Crippen LogP) is 3.92. The number of hydrogen-bond donors (Lipinski definition) is 2. The Labute approximate surface area is 184 Å². The number of aryl methyl sites for hydroxylation is 1. The number of anilines is 1. The Kier molecular flexibility index (Phi) is 6.19. The number of aliphatic hydroxyl groups is 1. The highest BCUT2D eigenvalue weighted by molar-refractivity contribution is 5.96.